The van der Waals surface area contributed by atoms with E-state index >= 15 is 0 Å². The Bertz CT molecular complexity index is 535. The lowest BCUT2D eigenvalue weighted by atomic mass is 10.2. The summed E-state index contributed by atoms with van der Waals surface area (Å²) >= 11 is 0. The van der Waals surface area contributed by atoms with Crippen LogP contribution in [0.15, 0.2) is 18.2 Å². The van der Waals surface area contributed by atoms with Crippen LogP contribution in [0.2, 0.25) is 0 Å². The second-order valence-electron chi connectivity index (χ2n) is 5.59. The van der Waals surface area contributed by atoms with Gasteiger partial charge in [-0.3, -0.25) is 0 Å². The summed E-state index contributed by atoms with van der Waals surface area (Å²) in [5, 5.41) is 2.71. The van der Waals surface area contributed by atoms with E-state index in [9.17, 15) is 9.18 Å². The van der Waals surface area contributed by atoms with E-state index in [0.717, 1.165) is 19.4 Å². The van der Waals surface area contributed by atoms with Gasteiger partial charge in [-0.2, -0.15) is 0 Å². The predicted octanol–water partition coefficient (Wildman–Crippen LogP) is 2.88. The van der Waals surface area contributed by atoms with Gasteiger partial charge in [0.1, 0.15) is 6.61 Å². The Labute approximate surface area is 141 Å². The number of methoxy groups -OCH3 is 1. The van der Waals surface area contributed by atoms with Crippen molar-refractivity contribution in [3.63, 3.8) is 0 Å². The van der Waals surface area contributed by atoms with Crippen molar-refractivity contribution >= 4 is 11.7 Å². The summed E-state index contributed by atoms with van der Waals surface area (Å²) in [6.07, 6.45) is 2.08. The van der Waals surface area contributed by atoms with Crippen LogP contribution in [0.25, 0.3) is 0 Å². The van der Waals surface area contributed by atoms with Crippen molar-refractivity contribution in [2.45, 2.75) is 25.9 Å². The van der Waals surface area contributed by atoms with E-state index < -0.39 is 5.82 Å². The van der Waals surface area contributed by atoms with Crippen LogP contribution >= 0.6 is 0 Å². The minimum absolute atomic E-state index is 0.0870. The fourth-order valence-electron chi connectivity index (χ4n) is 2.52. The molecule has 7 heteroatoms. The number of amides is 2. The molecule has 1 aromatic rings. The second-order valence-corrected chi connectivity index (χ2v) is 5.59. The van der Waals surface area contributed by atoms with Crippen molar-refractivity contribution in [2.24, 2.45) is 0 Å². The molecule has 24 heavy (non-hydrogen) atoms. The maximum Gasteiger partial charge on any atom is 0.321 e. The molecule has 6 nitrogen and oxygen atoms in total. The molecule has 0 spiro atoms. The lowest BCUT2D eigenvalue weighted by Gasteiger charge is -2.24. The van der Waals surface area contributed by atoms with Gasteiger partial charge in [0.25, 0.3) is 0 Å². The van der Waals surface area contributed by atoms with E-state index in [1.807, 2.05) is 6.92 Å². The minimum Gasteiger partial charge on any atom is -0.488 e. The Kier molecular flexibility index (Phi) is 7.27. The molecule has 1 N–H and O–H groups in total. The number of carbonyl (C=O) groups is 1. The average molecular weight is 340 g/mol. The molecule has 0 radical (unpaired) electrons. The molecule has 2 amide bonds. The van der Waals surface area contributed by atoms with Crippen molar-refractivity contribution < 1.29 is 23.4 Å². The van der Waals surface area contributed by atoms with Gasteiger partial charge in [0.2, 0.25) is 0 Å². The summed E-state index contributed by atoms with van der Waals surface area (Å²) in [7, 11) is 1.55. The maximum absolute atomic E-state index is 14.0. The number of nitrogens with zero attached hydrogens (tertiary/aromatic N) is 1. The van der Waals surface area contributed by atoms with E-state index in [0.29, 0.717) is 25.4 Å². The van der Waals surface area contributed by atoms with Gasteiger partial charge >= 0.3 is 6.03 Å². The summed E-state index contributed by atoms with van der Waals surface area (Å²) in [4.78, 5) is 14.0. The Morgan fingerprint density at radius 2 is 2.29 bits per heavy atom. The predicted molar refractivity (Wildman–Crippen MR) is 89.0 cm³/mol. The van der Waals surface area contributed by atoms with Gasteiger partial charge < -0.3 is 24.4 Å². The molecule has 134 valence electrons. The summed E-state index contributed by atoms with van der Waals surface area (Å²) < 4.78 is 29.7. The summed E-state index contributed by atoms with van der Waals surface area (Å²) in [5.74, 6) is -0.386. The summed E-state index contributed by atoms with van der Waals surface area (Å²) in [6.45, 7) is 4.41. The molecule has 2 rings (SSSR count). The zero-order chi connectivity index (χ0) is 17.4. The highest BCUT2D eigenvalue weighted by Crippen LogP contribution is 2.21. The number of carbonyl (C=O) groups excluding carboxylic acids is 1. The first-order valence-electron chi connectivity index (χ1n) is 8.22. The van der Waals surface area contributed by atoms with Gasteiger partial charge in [0, 0.05) is 38.6 Å². The number of benzene rings is 1. The van der Waals surface area contributed by atoms with Crippen molar-refractivity contribution in [2.75, 3.05) is 45.3 Å². The highest BCUT2D eigenvalue weighted by atomic mass is 19.1. The molecule has 0 unspecified atom stereocenters. The smallest absolute Gasteiger partial charge is 0.321 e. The largest absolute Gasteiger partial charge is 0.488 e. The highest BCUT2D eigenvalue weighted by molar-refractivity contribution is 5.89. The third-order valence-electron chi connectivity index (χ3n) is 3.85. The SMILES string of the molecule is CCN(C[C@@H]1CCCO1)C(=O)Nc1ccc(OCCOC)c(F)c1. The van der Waals surface area contributed by atoms with Crippen molar-refractivity contribution in [1.29, 1.82) is 0 Å². The van der Waals surface area contributed by atoms with Crippen LogP contribution in [0.5, 0.6) is 5.75 Å². The summed E-state index contributed by atoms with van der Waals surface area (Å²) in [6, 6.07) is 4.10. The Hall–Kier alpha value is -1.86. The molecule has 1 saturated heterocycles. The third kappa shape index (κ3) is 5.35. The van der Waals surface area contributed by atoms with Crippen LogP contribution in [-0.2, 0) is 9.47 Å². The summed E-state index contributed by atoms with van der Waals surface area (Å²) in [5.41, 5.74) is 0.391. The van der Waals surface area contributed by atoms with Crippen LogP contribution in [-0.4, -0.2) is 57.1 Å². The Balaban J connectivity index is 1.90. The second kappa shape index (κ2) is 9.44. The van der Waals surface area contributed by atoms with E-state index in [2.05, 4.69) is 5.32 Å². The first-order valence-corrected chi connectivity index (χ1v) is 8.22. The average Bonchev–Trinajstić information content (AvgIpc) is 3.08. The zero-order valence-corrected chi connectivity index (χ0v) is 14.2. The van der Waals surface area contributed by atoms with Crippen molar-refractivity contribution in [3.05, 3.63) is 24.0 Å². The van der Waals surface area contributed by atoms with E-state index in [1.165, 1.54) is 12.1 Å². The van der Waals surface area contributed by atoms with E-state index in [4.69, 9.17) is 14.2 Å². The third-order valence-corrected chi connectivity index (χ3v) is 3.85. The maximum atomic E-state index is 14.0. The van der Waals surface area contributed by atoms with Crippen molar-refractivity contribution in [1.82, 2.24) is 4.90 Å². The molecule has 1 aromatic carbocycles. The Morgan fingerprint density at radius 3 is 2.92 bits per heavy atom. The van der Waals surface area contributed by atoms with Crippen molar-refractivity contribution in [3.8, 4) is 5.75 Å². The molecule has 1 fully saturated rings. The van der Waals surface area contributed by atoms with Gasteiger partial charge in [0.05, 0.1) is 12.7 Å². The van der Waals surface area contributed by atoms with Gasteiger partial charge in [-0.25, -0.2) is 9.18 Å². The van der Waals surface area contributed by atoms with Gasteiger partial charge in [0.15, 0.2) is 11.6 Å². The lowest BCUT2D eigenvalue weighted by Crippen LogP contribution is -2.39. The number of nitrogens with one attached hydrogen (secondary N) is 1. The van der Waals surface area contributed by atoms with Gasteiger partial charge in [-0.1, -0.05) is 0 Å². The van der Waals surface area contributed by atoms with Crippen LogP contribution in [0, 0.1) is 5.82 Å². The van der Waals surface area contributed by atoms with Crippen LogP contribution in [0.3, 0.4) is 0 Å². The molecule has 1 aliphatic rings. The monoisotopic (exact) mass is 340 g/mol. The molecule has 0 saturated carbocycles. The number of hydrogen-bond donors (Lipinski definition) is 1. The minimum atomic E-state index is -0.522. The molecule has 0 aromatic heterocycles. The van der Waals surface area contributed by atoms with Crippen LogP contribution in [0.1, 0.15) is 19.8 Å². The number of halogens is 1. The molecule has 1 aliphatic heterocycles. The first kappa shape index (κ1) is 18.5. The van der Waals surface area contributed by atoms with Crippen LogP contribution in [0.4, 0.5) is 14.9 Å². The molecule has 0 bridgehead atoms. The topological polar surface area (TPSA) is 60.0 Å². The normalized spacial score (nSPS) is 16.9. The van der Waals surface area contributed by atoms with E-state index in [1.54, 1.807) is 18.1 Å². The number of anilines is 1. The quantitative estimate of drug-likeness (QED) is 0.739. The number of likely N-dealkylation sites (N-methyl/N-ethyl adjacent to an activating group) is 1. The number of ether oxygens (including phenoxy) is 3. The van der Waals surface area contributed by atoms with Gasteiger partial charge in [-0.15, -0.1) is 0 Å². The molecule has 1 heterocycles. The first-order chi connectivity index (χ1) is 11.6. The van der Waals surface area contributed by atoms with Crippen LogP contribution < -0.4 is 10.1 Å². The standard InChI is InChI=1S/C17H25FN2O4/c1-3-20(12-14-5-4-8-23-14)17(21)19-13-6-7-16(15(18)11-13)24-10-9-22-2/h6-7,11,14H,3-5,8-10,12H2,1-2H3,(H,19,21)/t14-/m0/s1. The fourth-order valence-corrected chi connectivity index (χ4v) is 2.52. The fraction of sp³-hybridized carbons (Fsp3) is 0.588. The highest BCUT2D eigenvalue weighted by Gasteiger charge is 2.21. The van der Waals surface area contributed by atoms with E-state index in [-0.39, 0.29) is 24.5 Å². The number of hydrogen-bond acceptors (Lipinski definition) is 4. The Morgan fingerprint density at radius 1 is 1.46 bits per heavy atom. The zero-order valence-electron chi connectivity index (χ0n) is 14.2. The molecule has 1 atom stereocenters. The molecular weight excluding hydrogens is 315 g/mol. The van der Waals surface area contributed by atoms with Gasteiger partial charge in [-0.05, 0) is 31.9 Å². The molecule has 0 aliphatic carbocycles. The molecular formula is C17H25FN2O4. The number of rotatable bonds is 8. The number of urea groups is 1. The lowest BCUT2D eigenvalue weighted by molar-refractivity contribution is 0.0849.